The van der Waals surface area contributed by atoms with Gasteiger partial charge in [-0.2, -0.15) is 0 Å². The number of hydrogen-bond donors (Lipinski definition) is 2. The lowest BCUT2D eigenvalue weighted by molar-refractivity contribution is -0.113. The second-order valence-corrected chi connectivity index (χ2v) is 7.21. The second kappa shape index (κ2) is 8.10. The number of aryl methyl sites for hydroxylation is 1. The summed E-state index contributed by atoms with van der Waals surface area (Å²) in [5.74, 6) is 0.405. The van der Waals surface area contributed by atoms with E-state index >= 15 is 0 Å². The molecular weight excluding hydrogens is 378 g/mol. The first-order valence-corrected chi connectivity index (χ1v) is 9.26. The molecule has 0 aliphatic carbocycles. The number of rotatable bonds is 7. The highest BCUT2D eigenvalue weighted by atomic mass is 32.2. The Morgan fingerprint density at radius 3 is 2.85 bits per heavy atom. The molecule has 0 aliphatic heterocycles. The van der Waals surface area contributed by atoms with Crippen molar-refractivity contribution in [1.29, 1.82) is 0 Å². The van der Waals surface area contributed by atoms with Gasteiger partial charge in [-0.1, -0.05) is 23.1 Å². The first-order valence-electron chi connectivity index (χ1n) is 7.45. The lowest BCUT2D eigenvalue weighted by atomic mass is 10.4. The van der Waals surface area contributed by atoms with Crippen molar-refractivity contribution in [3.8, 4) is 0 Å². The summed E-state index contributed by atoms with van der Waals surface area (Å²) in [6, 6.07) is 3.21. The Kier molecular flexibility index (Phi) is 5.63. The molecule has 0 radical (unpaired) electrons. The van der Waals surface area contributed by atoms with Gasteiger partial charge in [-0.15, -0.1) is 20.4 Å². The van der Waals surface area contributed by atoms with E-state index in [9.17, 15) is 9.59 Å². The van der Waals surface area contributed by atoms with Crippen LogP contribution in [0.25, 0.3) is 0 Å². The van der Waals surface area contributed by atoms with Gasteiger partial charge < -0.3 is 14.3 Å². The number of anilines is 1. The fourth-order valence-electron chi connectivity index (χ4n) is 1.91. The predicted molar refractivity (Wildman–Crippen MR) is 94.9 cm³/mol. The van der Waals surface area contributed by atoms with Gasteiger partial charge in [0.15, 0.2) is 16.7 Å². The number of thioether (sulfide) groups is 1. The van der Waals surface area contributed by atoms with Crippen LogP contribution in [0.2, 0.25) is 0 Å². The van der Waals surface area contributed by atoms with Gasteiger partial charge in [0.2, 0.25) is 11.0 Å². The van der Waals surface area contributed by atoms with Crippen molar-refractivity contribution in [2.75, 3.05) is 11.1 Å². The Morgan fingerprint density at radius 2 is 2.15 bits per heavy atom. The summed E-state index contributed by atoms with van der Waals surface area (Å²) in [7, 11) is 1.77. The molecule has 10 nitrogen and oxygen atoms in total. The van der Waals surface area contributed by atoms with Gasteiger partial charge in [0.05, 0.1) is 18.6 Å². The molecule has 2 N–H and O–H groups in total. The average molecular weight is 393 g/mol. The first kappa shape index (κ1) is 18.1. The summed E-state index contributed by atoms with van der Waals surface area (Å²) in [5, 5.41) is 22.9. The molecular formula is C14H15N7O3S2. The van der Waals surface area contributed by atoms with Crippen molar-refractivity contribution < 1.29 is 14.0 Å². The summed E-state index contributed by atoms with van der Waals surface area (Å²) in [6.07, 6.45) is 1.43. The van der Waals surface area contributed by atoms with Gasteiger partial charge in [-0.25, -0.2) is 0 Å². The van der Waals surface area contributed by atoms with Gasteiger partial charge >= 0.3 is 0 Å². The van der Waals surface area contributed by atoms with Crippen molar-refractivity contribution in [2.45, 2.75) is 18.6 Å². The minimum absolute atomic E-state index is 0.156. The van der Waals surface area contributed by atoms with Gasteiger partial charge in [0.1, 0.15) is 5.01 Å². The largest absolute Gasteiger partial charge is 0.459 e. The summed E-state index contributed by atoms with van der Waals surface area (Å²) >= 11 is 2.55. The SMILES string of the molecule is Cc1nnc(NC(=O)CSc2nnc(CNC(=O)c3ccco3)n2C)s1. The van der Waals surface area contributed by atoms with E-state index in [0.717, 1.165) is 5.01 Å². The van der Waals surface area contributed by atoms with Crippen LogP contribution in [0.1, 0.15) is 21.4 Å². The van der Waals surface area contributed by atoms with Crippen LogP contribution >= 0.6 is 23.1 Å². The molecule has 2 amide bonds. The van der Waals surface area contributed by atoms with E-state index in [1.807, 2.05) is 6.92 Å². The number of nitrogens with one attached hydrogen (secondary N) is 2. The van der Waals surface area contributed by atoms with Crippen LogP contribution in [-0.4, -0.2) is 42.5 Å². The van der Waals surface area contributed by atoms with E-state index in [1.54, 1.807) is 23.7 Å². The van der Waals surface area contributed by atoms with E-state index in [2.05, 4.69) is 31.0 Å². The Labute approximate surface area is 156 Å². The molecule has 0 fully saturated rings. The van der Waals surface area contributed by atoms with Gasteiger partial charge in [-0.3, -0.25) is 14.9 Å². The second-order valence-electron chi connectivity index (χ2n) is 5.08. The van der Waals surface area contributed by atoms with E-state index in [-0.39, 0.29) is 29.9 Å². The molecule has 3 aromatic heterocycles. The maximum Gasteiger partial charge on any atom is 0.287 e. The normalized spacial score (nSPS) is 10.7. The molecule has 0 aliphatic rings. The quantitative estimate of drug-likeness (QED) is 0.574. The molecule has 0 unspecified atom stereocenters. The van der Waals surface area contributed by atoms with Crippen molar-refractivity contribution in [3.05, 3.63) is 35.0 Å². The van der Waals surface area contributed by atoms with Gasteiger partial charge in [-0.05, 0) is 19.1 Å². The molecule has 0 spiro atoms. The van der Waals surface area contributed by atoms with Crippen molar-refractivity contribution in [3.63, 3.8) is 0 Å². The average Bonchev–Trinajstić information content (AvgIpc) is 3.34. The molecule has 0 atom stereocenters. The van der Waals surface area contributed by atoms with Crippen LogP contribution in [0.15, 0.2) is 28.0 Å². The topological polar surface area (TPSA) is 128 Å². The summed E-state index contributed by atoms with van der Waals surface area (Å²) in [5.41, 5.74) is 0. The third-order valence-electron chi connectivity index (χ3n) is 3.18. The van der Waals surface area contributed by atoms with E-state index in [0.29, 0.717) is 16.1 Å². The first-order chi connectivity index (χ1) is 12.5. The third-order valence-corrected chi connectivity index (χ3v) is 4.96. The van der Waals surface area contributed by atoms with Crippen molar-refractivity contribution in [1.82, 2.24) is 30.3 Å². The summed E-state index contributed by atoms with van der Waals surface area (Å²) in [4.78, 5) is 23.8. The molecule has 136 valence electrons. The maximum atomic E-state index is 11.9. The lowest BCUT2D eigenvalue weighted by Gasteiger charge is -2.05. The molecule has 0 saturated heterocycles. The van der Waals surface area contributed by atoms with Crippen LogP contribution in [0.4, 0.5) is 5.13 Å². The molecule has 0 bridgehead atoms. The van der Waals surface area contributed by atoms with Crippen LogP contribution < -0.4 is 10.6 Å². The van der Waals surface area contributed by atoms with E-state index in [1.165, 1.54) is 29.4 Å². The highest BCUT2D eigenvalue weighted by molar-refractivity contribution is 7.99. The zero-order chi connectivity index (χ0) is 18.5. The Bertz CT molecular complexity index is 904. The molecule has 26 heavy (non-hydrogen) atoms. The fraction of sp³-hybridized carbons (Fsp3) is 0.286. The van der Waals surface area contributed by atoms with Crippen molar-refractivity contribution in [2.24, 2.45) is 7.05 Å². The minimum Gasteiger partial charge on any atom is -0.459 e. The Balaban J connectivity index is 1.50. The molecule has 3 rings (SSSR count). The van der Waals surface area contributed by atoms with Gasteiger partial charge in [0, 0.05) is 7.05 Å². The van der Waals surface area contributed by atoms with E-state index < -0.39 is 0 Å². The number of aromatic nitrogens is 5. The summed E-state index contributed by atoms with van der Waals surface area (Å²) in [6.45, 7) is 2.01. The molecule has 0 saturated carbocycles. The standard InChI is InChI=1S/C14H15N7O3S2/c1-8-17-19-13(26-8)16-11(22)7-25-14-20-18-10(21(14)2)6-15-12(23)9-4-3-5-24-9/h3-5H,6-7H2,1-2H3,(H,15,23)(H,16,19,22). The minimum atomic E-state index is -0.334. The van der Waals surface area contributed by atoms with Crippen LogP contribution in [0.3, 0.4) is 0 Å². The zero-order valence-electron chi connectivity index (χ0n) is 13.9. The van der Waals surface area contributed by atoms with Crippen LogP contribution in [0, 0.1) is 6.92 Å². The van der Waals surface area contributed by atoms with Gasteiger partial charge in [0.25, 0.3) is 5.91 Å². The number of hydrogen-bond acceptors (Lipinski definition) is 9. The number of carbonyl (C=O) groups is 2. The number of furan rings is 1. The number of amides is 2. The van der Waals surface area contributed by atoms with Crippen molar-refractivity contribution >= 4 is 40.0 Å². The molecule has 0 aromatic carbocycles. The molecule has 3 heterocycles. The van der Waals surface area contributed by atoms with E-state index in [4.69, 9.17) is 4.42 Å². The highest BCUT2D eigenvalue weighted by Crippen LogP contribution is 2.18. The molecule has 3 aromatic rings. The third kappa shape index (κ3) is 4.46. The predicted octanol–water partition coefficient (Wildman–Crippen LogP) is 1.23. The maximum absolute atomic E-state index is 11.9. The van der Waals surface area contributed by atoms with Crippen LogP contribution in [0.5, 0.6) is 0 Å². The monoisotopic (exact) mass is 393 g/mol. The Morgan fingerprint density at radius 1 is 1.31 bits per heavy atom. The smallest absolute Gasteiger partial charge is 0.287 e. The Hall–Kier alpha value is -2.73. The number of nitrogens with zero attached hydrogens (tertiary/aromatic N) is 5. The zero-order valence-corrected chi connectivity index (χ0v) is 15.6. The summed E-state index contributed by atoms with van der Waals surface area (Å²) < 4.78 is 6.74. The fourth-order valence-corrected chi connectivity index (χ4v) is 3.25. The van der Waals surface area contributed by atoms with Crippen LogP contribution in [-0.2, 0) is 18.4 Å². The highest BCUT2D eigenvalue weighted by Gasteiger charge is 2.14. The lowest BCUT2D eigenvalue weighted by Crippen LogP contribution is -2.24. The molecule has 12 heteroatoms. The number of carbonyl (C=O) groups excluding carboxylic acids is 2.